The summed E-state index contributed by atoms with van der Waals surface area (Å²) in [7, 11) is 0. The van der Waals surface area contributed by atoms with Crippen LogP contribution in [-0.2, 0) is 13.1 Å². The average molecular weight is 485 g/mol. The quantitative estimate of drug-likeness (QED) is 0.516. The number of hydrogen-bond acceptors (Lipinski definition) is 6. The Morgan fingerprint density at radius 1 is 1.14 bits per heavy atom. The number of nitrogens with one attached hydrogen (secondary N) is 2. The van der Waals surface area contributed by atoms with Gasteiger partial charge in [0.25, 0.3) is 11.5 Å². The molecule has 1 aliphatic carbocycles. The van der Waals surface area contributed by atoms with Crippen LogP contribution in [0.2, 0.25) is 0 Å². The average Bonchev–Trinajstić information content (AvgIpc) is 3.63. The minimum atomic E-state index is -0.680. The van der Waals surface area contributed by atoms with E-state index >= 15 is 0 Å². The van der Waals surface area contributed by atoms with E-state index in [0.29, 0.717) is 44.0 Å². The summed E-state index contributed by atoms with van der Waals surface area (Å²) in [4.78, 5) is 47.1. The number of carbonyl (C=O) groups is 1. The van der Waals surface area contributed by atoms with Gasteiger partial charge in [-0.3, -0.25) is 19.1 Å². The van der Waals surface area contributed by atoms with E-state index in [1.54, 1.807) is 19.1 Å². The largest absolute Gasteiger partial charge is 0.365 e. The highest BCUT2D eigenvalue weighted by Crippen LogP contribution is 2.23. The fourth-order valence-electron chi connectivity index (χ4n) is 4.45. The molecule has 1 amide bonds. The molecule has 1 saturated heterocycles. The van der Waals surface area contributed by atoms with Gasteiger partial charge in [0.2, 0.25) is 5.95 Å². The van der Waals surface area contributed by atoms with Gasteiger partial charge in [0.05, 0.1) is 16.6 Å². The fraction of sp³-hybridized carbons (Fsp3) is 0.417. The molecule has 3 heterocycles. The normalized spacial score (nSPS) is 16.6. The number of fused-ring (bicyclic) bond motifs is 1. The van der Waals surface area contributed by atoms with Crippen LogP contribution in [0.15, 0.2) is 33.9 Å². The Hall–Kier alpha value is -3.60. The van der Waals surface area contributed by atoms with Gasteiger partial charge < -0.3 is 15.2 Å². The molecule has 1 aromatic carbocycles. The lowest BCUT2D eigenvalue weighted by molar-refractivity contribution is 0.0945. The number of aromatic nitrogens is 3. The van der Waals surface area contributed by atoms with Crippen molar-refractivity contribution in [2.24, 2.45) is 0 Å². The van der Waals surface area contributed by atoms with Crippen molar-refractivity contribution in [3.63, 3.8) is 0 Å². The molecule has 2 aromatic heterocycles. The molecular formula is C24H26F2N6O3. The van der Waals surface area contributed by atoms with Gasteiger partial charge in [-0.2, -0.15) is 4.39 Å². The number of anilines is 1. The Morgan fingerprint density at radius 2 is 1.89 bits per heavy atom. The summed E-state index contributed by atoms with van der Waals surface area (Å²) < 4.78 is 30.4. The van der Waals surface area contributed by atoms with Crippen LogP contribution in [0, 0.1) is 11.8 Å². The van der Waals surface area contributed by atoms with Gasteiger partial charge in [0.1, 0.15) is 11.5 Å². The molecule has 35 heavy (non-hydrogen) atoms. The maximum absolute atomic E-state index is 14.8. The number of halogens is 2. The predicted molar refractivity (Wildman–Crippen MR) is 127 cm³/mol. The van der Waals surface area contributed by atoms with E-state index in [4.69, 9.17) is 0 Å². The Bertz CT molecular complexity index is 1410. The first-order valence-electron chi connectivity index (χ1n) is 11.7. The summed E-state index contributed by atoms with van der Waals surface area (Å²) >= 11 is 0. The lowest BCUT2D eigenvalue weighted by atomic mass is 10.1. The van der Waals surface area contributed by atoms with Crippen molar-refractivity contribution in [1.82, 2.24) is 24.8 Å². The zero-order valence-corrected chi connectivity index (χ0v) is 19.3. The van der Waals surface area contributed by atoms with Crippen LogP contribution in [-0.4, -0.2) is 57.6 Å². The first-order valence-corrected chi connectivity index (χ1v) is 11.7. The van der Waals surface area contributed by atoms with Crippen LogP contribution >= 0.6 is 0 Å². The maximum Gasteiger partial charge on any atom is 0.328 e. The topological polar surface area (TPSA) is 103 Å². The standard InChI is InChI=1S/C24H26F2N6O3/c1-2-32-23(34)20-16(25)11-14(12-18(20)29-24(32)35)13-30-7-9-31(10-8-30)19-6-5-17(28-21(19)26)22(33)27-15-3-4-15/h5-6,11-12,15H,2-4,7-10,13H2,1H3,(H,27,33)(H,29,35). The van der Waals surface area contributed by atoms with Gasteiger partial charge in [-0.25, -0.2) is 14.2 Å². The zero-order valence-electron chi connectivity index (χ0n) is 19.3. The molecule has 0 bridgehead atoms. The highest BCUT2D eigenvalue weighted by Gasteiger charge is 2.26. The predicted octanol–water partition coefficient (Wildman–Crippen LogP) is 1.60. The summed E-state index contributed by atoms with van der Waals surface area (Å²) in [6.45, 7) is 4.47. The minimum absolute atomic E-state index is 0.0684. The Labute approximate surface area is 199 Å². The Kier molecular flexibility index (Phi) is 6.10. The third-order valence-corrected chi connectivity index (χ3v) is 6.51. The van der Waals surface area contributed by atoms with E-state index in [9.17, 15) is 23.2 Å². The first kappa shape index (κ1) is 23.2. The summed E-state index contributed by atoms with van der Waals surface area (Å²) in [5, 5.41) is 2.67. The number of carbonyl (C=O) groups excluding carboxylic acids is 1. The molecule has 3 aromatic rings. The smallest absolute Gasteiger partial charge is 0.328 e. The van der Waals surface area contributed by atoms with E-state index in [1.807, 2.05) is 4.90 Å². The van der Waals surface area contributed by atoms with E-state index in [-0.39, 0.29) is 35.1 Å². The van der Waals surface area contributed by atoms with E-state index in [2.05, 4.69) is 20.2 Å². The molecule has 9 nitrogen and oxygen atoms in total. The van der Waals surface area contributed by atoms with Crippen molar-refractivity contribution in [3.8, 4) is 0 Å². The molecule has 11 heteroatoms. The molecule has 0 radical (unpaired) electrons. The molecule has 0 atom stereocenters. The molecular weight excluding hydrogens is 458 g/mol. The van der Waals surface area contributed by atoms with Crippen molar-refractivity contribution >= 4 is 22.5 Å². The molecule has 1 aliphatic heterocycles. The summed E-state index contributed by atoms with van der Waals surface area (Å²) in [5.41, 5.74) is 0.00866. The number of nitrogens with zero attached hydrogens (tertiary/aromatic N) is 4. The van der Waals surface area contributed by atoms with E-state index in [1.165, 1.54) is 12.1 Å². The molecule has 2 N–H and O–H groups in total. The van der Waals surface area contributed by atoms with Crippen LogP contribution in [0.25, 0.3) is 10.9 Å². The number of piperazine rings is 1. The number of pyridine rings is 1. The summed E-state index contributed by atoms with van der Waals surface area (Å²) in [6.07, 6.45) is 1.89. The van der Waals surface area contributed by atoms with Gasteiger partial charge >= 0.3 is 5.69 Å². The number of H-pyrrole nitrogens is 1. The second-order valence-electron chi connectivity index (χ2n) is 9.00. The van der Waals surface area contributed by atoms with Crippen molar-refractivity contribution in [2.75, 3.05) is 31.1 Å². The summed E-state index contributed by atoms with van der Waals surface area (Å²) in [5.74, 6) is -1.71. The van der Waals surface area contributed by atoms with Crippen molar-refractivity contribution < 1.29 is 13.6 Å². The Balaban J connectivity index is 1.26. The maximum atomic E-state index is 14.8. The molecule has 5 rings (SSSR count). The highest BCUT2D eigenvalue weighted by molar-refractivity contribution is 5.92. The lowest BCUT2D eigenvalue weighted by Gasteiger charge is -2.36. The van der Waals surface area contributed by atoms with Gasteiger partial charge in [-0.1, -0.05) is 0 Å². The highest BCUT2D eigenvalue weighted by atomic mass is 19.1. The third-order valence-electron chi connectivity index (χ3n) is 6.51. The summed E-state index contributed by atoms with van der Waals surface area (Å²) in [6, 6.07) is 6.24. The monoisotopic (exact) mass is 484 g/mol. The molecule has 184 valence electrons. The third kappa shape index (κ3) is 4.68. The van der Waals surface area contributed by atoms with Crippen LogP contribution in [0.4, 0.5) is 14.5 Å². The fourth-order valence-corrected chi connectivity index (χ4v) is 4.45. The first-order chi connectivity index (χ1) is 16.8. The van der Waals surface area contributed by atoms with E-state index < -0.39 is 23.0 Å². The minimum Gasteiger partial charge on any atom is -0.365 e. The molecule has 2 fully saturated rings. The number of hydrogen-bond donors (Lipinski definition) is 2. The van der Waals surface area contributed by atoms with Crippen molar-refractivity contribution in [3.05, 3.63) is 68.1 Å². The van der Waals surface area contributed by atoms with Gasteiger partial charge in [-0.05, 0) is 49.6 Å². The zero-order chi connectivity index (χ0) is 24.7. The van der Waals surface area contributed by atoms with Crippen LogP contribution in [0.3, 0.4) is 0 Å². The number of amides is 1. The van der Waals surface area contributed by atoms with Gasteiger partial charge in [0, 0.05) is 45.3 Å². The number of aromatic amines is 1. The number of rotatable bonds is 6. The molecule has 0 spiro atoms. The second-order valence-corrected chi connectivity index (χ2v) is 9.00. The molecule has 1 saturated carbocycles. The van der Waals surface area contributed by atoms with Crippen LogP contribution in [0.1, 0.15) is 35.8 Å². The lowest BCUT2D eigenvalue weighted by Crippen LogP contribution is -2.46. The molecule has 2 aliphatic rings. The van der Waals surface area contributed by atoms with E-state index in [0.717, 1.165) is 17.4 Å². The second kappa shape index (κ2) is 9.21. The van der Waals surface area contributed by atoms with Crippen molar-refractivity contribution in [2.45, 2.75) is 38.9 Å². The molecule has 0 unspecified atom stereocenters. The SMILES string of the molecule is CCn1c(=O)[nH]c2cc(CN3CCN(c4ccc(C(=O)NC5CC5)nc4F)CC3)cc(F)c2c1=O. The van der Waals surface area contributed by atoms with Crippen LogP contribution < -0.4 is 21.5 Å². The van der Waals surface area contributed by atoms with Crippen molar-refractivity contribution in [1.29, 1.82) is 0 Å². The van der Waals surface area contributed by atoms with Gasteiger partial charge in [-0.15, -0.1) is 0 Å². The van der Waals surface area contributed by atoms with Crippen LogP contribution in [0.5, 0.6) is 0 Å². The number of benzene rings is 1. The Morgan fingerprint density at radius 3 is 2.54 bits per heavy atom. The van der Waals surface area contributed by atoms with Gasteiger partial charge in [0.15, 0.2) is 0 Å².